The molecule has 2 aromatic rings. The minimum Gasteiger partial charge on any atom is -0.469 e. The summed E-state index contributed by atoms with van der Waals surface area (Å²) in [5.41, 5.74) is 1.56. The molecule has 6 nitrogen and oxygen atoms in total. The van der Waals surface area contributed by atoms with E-state index in [0.29, 0.717) is 37.9 Å². The first-order valence-electron chi connectivity index (χ1n) is 7.99. The highest BCUT2D eigenvalue weighted by Crippen LogP contribution is 2.25. The van der Waals surface area contributed by atoms with Crippen LogP contribution in [0.2, 0.25) is 0 Å². The molecule has 1 aromatic carbocycles. The molecule has 0 saturated heterocycles. The third-order valence-corrected chi connectivity index (χ3v) is 5.44. The maximum Gasteiger partial charge on any atom is 0.240 e. The molecule has 0 spiro atoms. The van der Waals surface area contributed by atoms with Crippen molar-refractivity contribution in [2.75, 3.05) is 11.9 Å². The van der Waals surface area contributed by atoms with Gasteiger partial charge >= 0.3 is 0 Å². The Hall–Kier alpha value is -2.12. The fourth-order valence-electron chi connectivity index (χ4n) is 2.73. The summed E-state index contributed by atoms with van der Waals surface area (Å²) in [5.74, 6) is 0.815. The van der Waals surface area contributed by atoms with Crippen LogP contribution in [0.3, 0.4) is 0 Å². The number of sulfonamides is 1. The maximum atomic E-state index is 12.4. The van der Waals surface area contributed by atoms with Crippen LogP contribution in [0, 0.1) is 0 Å². The molecule has 1 amide bonds. The molecule has 0 aliphatic carbocycles. The highest BCUT2D eigenvalue weighted by atomic mass is 32.2. The van der Waals surface area contributed by atoms with Crippen molar-refractivity contribution < 1.29 is 17.6 Å². The lowest BCUT2D eigenvalue weighted by Crippen LogP contribution is -2.25. The summed E-state index contributed by atoms with van der Waals surface area (Å²) in [6, 6.07) is 8.52. The second kappa shape index (κ2) is 7.19. The van der Waals surface area contributed by atoms with E-state index in [9.17, 15) is 13.2 Å². The van der Waals surface area contributed by atoms with E-state index in [1.807, 2.05) is 12.1 Å². The third kappa shape index (κ3) is 4.04. The first-order chi connectivity index (χ1) is 11.5. The minimum absolute atomic E-state index is 0.0274. The predicted octanol–water partition coefficient (Wildman–Crippen LogP) is 2.47. The molecule has 3 rings (SSSR count). The van der Waals surface area contributed by atoms with E-state index < -0.39 is 10.0 Å². The molecule has 1 aliphatic rings. The van der Waals surface area contributed by atoms with Crippen LogP contribution in [0.4, 0.5) is 5.69 Å². The molecular weight excluding hydrogens is 328 g/mol. The highest BCUT2D eigenvalue weighted by molar-refractivity contribution is 7.89. The Bertz CT molecular complexity index is 813. The van der Waals surface area contributed by atoms with Gasteiger partial charge in [-0.1, -0.05) is 0 Å². The zero-order chi connectivity index (χ0) is 17.0. The Morgan fingerprint density at radius 1 is 1.21 bits per heavy atom. The summed E-state index contributed by atoms with van der Waals surface area (Å²) >= 11 is 0. The molecular formula is C17H20N2O4S. The van der Waals surface area contributed by atoms with Gasteiger partial charge in [-0.05, 0) is 55.2 Å². The van der Waals surface area contributed by atoms with Gasteiger partial charge in [-0.2, -0.15) is 0 Å². The van der Waals surface area contributed by atoms with Gasteiger partial charge in [0.1, 0.15) is 5.76 Å². The Kier molecular flexibility index (Phi) is 5.01. The molecule has 0 atom stereocenters. The molecule has 2 heterocycles. The largest absolute Gasteiger partial charge is 0.469 e. The first kappa shape index (κ1) is 16.7. The molecule has 1 aliphatic heterocycles. The van der Waals surface area contributed by atoms with Crippen molar-refractivity contribution in [3.05, 3.63) is 47.9 Å². The summed E-state index contributed by atoms with van der Waals surface area (Å²) in [4.78, 5) is 11.8. The Morgan fingerprint density at radius 2 is 2.08 bits per heavy atom. The van der Waals surface area contributed by atoms with Crippen LogP contribution in [0.1, 0.15) is 30.6 Å². The highest BCUT2D eigenvalue weighted by Gasteiger charge is 2.18. The molecule has 128 valence electrons. The van der Waals surface area contributed by atoms with Gasteiger partial charge in [-0.3, -0.25) is 4.79 Å². The summed E-state index contributed by atoms with van der Waals surface area (Å²) in [6.45, 7) is 0.344. The lowest BCUT2D eigenvalue weighted by atomic mass is 10.1. The fourth-order valence-corrected chi connectivity index (χ4v) is 3.85. The topological polar surface area (TPSA) is 88.4 Å². The zero-order valence-electron chi connectivity index (χ0n) is 13.2. The van der Waals surface area contributed by atoms with Crippen LogP contribution in [-0.2, 0) is 27.7 Å². The standard InChI is InChI=1S/C17H20N2O4S/c20-17-7-1-4-13-12-15(8-9-16(13)19-17)24(21,22)18-10-2-5-14-6-3-11-23-14/h3,6,8-9,11-12,18H,1-2,4-5,7,10H2,(H,19,20). The van der Waals surface area contributed by atoms with Gasteiger partial charge in [0.05, 0.1) is 11.2 Å². The monoisotopic (exact) mass is 348 g/mol. The van der Waals surface area contributed by atoms with Crippen LogP contribution < -0.4 is 10.0 Å². The smallest absolute Gasteiger partial charge is 0.240 e. The first-order valence-corrected chi connectivity index (χ1v) is 9.48. The number of carbonyl (C=O) groups excluding carboxylic acids is 1. The number of anilines is 1. The number of carbonyl (C=O) groups is 1. The third-order valence-electron chi connectivity index (χ3n) is 3.98. The molecule has 24 heavy (non-hydrogen) atoms. The Morgan fingerprint density at radius 3 is 2.88 bits per heavy atom. The molecule has 0 saturated carbocycles. The maximum absolute atomic E-state index is 12.4. The zero-order valence-corrected chi connectivity index (χ0v) is 14.1. The molecule has 0 unspecified atom stereocenters. The average Bonchev–Trinajstić information content (AvgIpc) is 2.99. The average molecular weight is 348 g/mol. The number of aryl methyl sites for hydroxylation is 2. The van der Waals surface area contributed by atoms with E-state index in [1.165, 1.54) is 6.07 Å². The number of hydrogen-bond acceptors (Lipinski definition) is 4. The van der Waals surface area contributed by atoms with Crippen molar-refractivity contribution in [1.29, 1.82) is 0 Å². The van der Waals surface area contributed by atoms with Crippen LogP contribution in [-0.4, -0.2) is 20.9 Å². The van der Waals surface area contributed by atoms with Gasteiger partial charge in [0.25, 0.3) is 0 Å². The van der Waals surface area contributed by atoms with E-state index in [1.54, 1.807) is 18.4 Å². The molecule has 2 N–H and O–H groups in total. The summed E-state index contributed by atoms with van der Waals surface area (Å²) < 4.78 is 32.6. The minimum atomic E-state index is -3.55. The van der Waals surface area contributed by atoms with Crippen molar-refractivity contribution >= 4 is 21.6 Å². The molecule has 0 bridgehead atoms. The van der Waals surface area contributed by atoms with Crippen LogP contribution in [0.25, 0.3) is 0 Å². The van der Waals surface area contributed by atoms with E-state index in [2.05, 4.69) is 10.0 Å². The van der Waals surface area contributed by atoms with E-state index in [-0.39, 0.29) is 10.8 Å². The van der Waals surface area contributed by atoms with Gasteiger partial charge in [-0.15, -0.1) is 0 Å². The summed E-state index contributed by atoms with van der Waals surface area (Å²) in [7, 11) is -3.55. The second-order valence-corrected chi connectivity index (χ2v) is 7.57. The van der Waals surface area contributed by atoms with Crippen molar-refractivity contribution in [3.8, 4) is 0 Å². The fraction of sp³-hybridized carbons (Fsp3) is 0.353. The van der Waals surface area contributed by atoms with Gasteiger partial charge in [0.2, 0.25) is 15.9 Å². The molecule has 7 heteroatoms. The molecule has 0 fully saturated rings. The number of hydrogen-bond donors (Lipinski definition) is 2. The number of nitrogens with one attached hydrogen (secondary N) is 2. The lowest BCUT2D eigenvalue weighted by molar-refractivity contribution is -0.116. The van der Waals surface area contributed by atoms with E-state index in [0.717, 1.165) is 17.7 Å². The van der Waals surface area contributed by atoms with E-state index >= 15 is 0 Å². The number of rotatable bonds is 6. The predicted molar refractivity (Wildman–Crippen MR) is 90.2 cm³/mol. The van der Waals surface area contributed by atoms with Crippen LogP contribution in [0.15, 0.2) is 45.9 Å². The van der Waals surface area contributed by atoms with Crippen LogP contribution >= 0.6 is 0 Å². The lowest BCUT2D eigenvalue weighted by Gasteiger charge is -2.11. The van der Waals surface area contributed by atoms with Gasteiger partial charge in [-0.25, -0.2) is 13.1 Å². The Balaban J connectivity index is 1.64. The number of fused-ring (bicyclic) bond motifs is 1. The van der Waals surface area contributed by atoms with Crippen molar-refractivity contribution in [2.45, 2.75) is 37.0 Å². The Labute approximate surface area is 141 Å². The van der Waals surface area contributed by atoms with Crippen molar-refractivity contribution in [1.82, 2.24) is 4.72 Å². The molecule has 0 radical (unpaired) electrons. The van der Waals surface area contributed by atoms with Gasteiger partial charge < -0.3 is 9.73 Å². The summed E-state index contributed by atoms with van der Waals surface area (Å²) in [5, 5.41) is 2.80. The second-order valence-electron chi connectivity index (χ2n) is 5.80. The normalized spacial score (nSPS) is 14.8. The molecule has 1 aromatic heterocycles. The number of furan rings is 1. The van der Waals surface area contributed by atoms with E-state index in [4.69, 9.17) is 4.42 Å². The van der Waals surface area contributed by atoms with Gasteiger partial charge in [0, 0.05) is 25.1 Å². The SMILES string of the molecule is O=C1CCCc2cc(S(=O)(=O)NCCCc3ccco3)ccc2N1. The van der Waals surface area contributed by atoms with Crippen LogP contribution in [0.5, 0.6) is 0 Å². The quantitative estimate of drug-likeness (QED) is 0.785. The van der Waals surface area contributed by atoms with Crippen molar-refractivity contribution in [2.24, 2.45) is 0 Å². The summed E-state index contributed by atoms with van der Waals surface area (Å²) in [6.07, 6.45) is 4.82. The number of amides is 1. The van der Waals surface area contributed by atoms with Gasteiger partial charge in [0.15, 0.2) is 0 Å². The number of benzene rings is 1. The van der Waals surface area contributed by atoms with Crippen molar-refractivity contribution in [3.63, 3.8) is 0 Å².